The summed E-state index contributed by atoms with van der Waals surface area (Å²) in [6, 6.07) is 13.4. The Kier molecular flexibility index (Phi) is 4.27. The minimum atomic E-state index is -1.07. The lowest BCUT2D eigenvalue weighted by atomic mass is 10.1. The number of hydrogen-bond acceptors (Lipinski definition) is 4. The van der Waals surface area contributed by atoms with Crippen molar-refractivity contribution in [2.75, 3.05) is 0 Å². The molecule has 5 nitrogen and oxygen atoms in total. The van der Waals surface area contributed by atoms with Crippen LogP contribution >= 0.6 is 11.6 Å². The van der Waals surface area contributed by atoms with E-state index >= 15 is 0 Å². The van der Waals surface area contributed by atoms with E-state index < -0.39 is 17.7 Å². The minimum absolute atomic E-state index is 0.319. The van der Waals surface area contributed by atoms with Crippen LogP contribution in [0.3, 0.4) is 0 Å². The van der Waals surface area contributed by atoms with Crippen molar-refractivity contribution in [1.29, 1.82) is 0 Å². The normalized spacial score (nSPS) is 12.1. The van der Waals surface area contributed by atoms with Gasteiger partial charge in [0.25, 0.3) is 0 Å². The minimum Gasteiger partial charge on any atom is -0.479 e. The van der Waals surface area contributed by atoms with Gasteiger partial charge in [0.15, 0.2) is 6.10 Å². The lowest BCUT2D eigenvalue weighted by Gasteiger charge is -2.10. The molecular weight excluding hydrogens is 332 g/mol. The highest BCUT2D eigenvalue weighted by Crippen LogP contribution is 2.25. The zero-order chi connectivity index (χ0) is 17.3. The van der Waals surface area contributed by atoms with Crippen molar-refractivity contribution in [1.82, 2.24) is 0 Å². The lowest BCUT2D eigenvalue weighted by molar-refractivity contribution is -0.144. The van der Waals surface area contributed by atoms with Crippen LogP contribution in [-0.4, -0.2) is 17.2 Å². The van der Waals surface area contributed by atoms with Crippen molar-refractivity contribution in [3.8, 4) is 16.9 Å². The smallest absolute Gasteiger partial charge is 0.344 e. The van der Waals surface area contributed by atoms with E-state index in [9.17, 15) is 9.59 Å². The van der Waals surface area contributed by atoms with Gasteiger partial charge in [-0.15, -0.1) is 0 Å². The summed E-state index contributed by atoms with van der Waals surface area (Å²) in [4.78, 5) is 23.1. The van der Waals surface area contributed by atoms with Gasteiger partial charge in [-0.2, -0.15) is 0 Å². The molecule has 6 heteroatoms. The molecule has 2 aromatic carbocycles. The van der Waals surface area contributed by atoms with Gasteiger partial charge in [0.05, 0.1) is 5.56 Å². The van der Waals surface area contributed by atoms with Crippen LogP contribution in [0.4, 0.5) is 0 Å². The van der Waals surface area contributed by atoms with E-state index in [0.29, 0.717) is 32.9 Å². The molecule has 0 aliphatic rings. The average Bonchev–Trinajstić information content (AvgIpc) is 2.55. The molecule has 0 saturated heterocycles. The van der Waals surface area contributed by atoms with Gasteiger partial charge < -0.3 is 14.3 Å². The largest absolute Gasteiger partial charge is 0.479 e. The quantitative estimate of drug-likeness (QED) is 0.725. The fourth-order valence-corrected chi connectivity index (χ4v) is 2.38. The number of rotatable bonds is 4. The second-order valence-electron chi connectivity index (χ2n) is 5.25. The maximum absolute atomic E-state index is 12.2. The molecule has 1 atom stereocenters. The molecule has 0 aliphatic heterocycles. The van der Waals surface area contributed by atoms with Crippen molar-refractivity contribution < 1.29 is 19.1 Å². The molecule has 24 heavy (non-hydrogen) atoms. The van der Waals surface area contributed by atoms with Crippen molar-refractivity contribution in [3.63, 3.8) is 0 Å². The Bertz CT molecular complexity index is 959. The number of hydrogen-bond donors (Lipinski definition) is 1. The third kappa shape index (κ3) is 3.26. The van der Waals surface area contributed by atoms with Gasteiger partial charge in [0.2, 0.25) is 0 Å². The Morgan fingerprint density at radius 2 is 1.88 bits per heavy atom. The summed E-state index contributed by atoms with van der Waals surface area (Å²) in [5.74, 6) is -0.755. The highest BCUT2D eigenvalue weighted by atomic mass is 35.5. The number of halogens is 1. The molecule has 0 amide bonds. The van der Waals surface area contributed by atoms with Crippen LogP contribution in [0.1, 0.15) is 6.92 Å². The number of fused-ring (bicyclic) bond motifs is 1. The fraction of sp³-hybridized carbons (Fsp3) is 0.111. The Morgan fingerprint density at radius 1 is 1.17 bits per heavy atom. The third-order valence-electron chi connectivity index (χ3n) is 3.52. The van der Waals surface area contributed by atoms with Crippen LogP contribution in [0.5, 0.6) is 5.75 Å². The fourth-order valence-electron chi connectivity index (χ4n) is 2.25. The number of benzene rings is 2. The molecule has 0 bridgehead atoms. The SMILES string of the molecule is C[C@@H](Oc1ccc2cc(-c3ccc(Cl)cc3)c(=O)oc2c1)C(=O)O. The molecule has 3 rings (SSSR count). The van der Waals surface area contributed by atoms with Crippen molar-refractivity contribution >= 4 is 28.5 Å². The van der Waals surface area contributed by atoms with Crippen LogP contribution in [0, 0.1) is 0 Å². The second-order valence-corrected chi connectivity index (χ2v) is 5.69. The first-order valence-corrected chi connectivity index (χ1v) is 7.55. The molecule has 0 saturated carbocycles. The van der Waals surface area contributed by atoms with Crippen LogP contribution in [0.25, 0.3) is 22.1 Å². The van der Waals surface area contributed by atoms with Gasteiger partial charge in [-0.1, -0.05) is 23.7 Å². The van der Waals surface area contributed by atoms with E-state index in [4.69, 9.17) is 25.9 Å². The van der Waals surface area contributed by atoms with Crippen molar-refractivity contribution in [2.45, 2.75) is 13.0 Å². The molecule has 0 spiro atoms. The first-order chi connectivity index (χ1) is 11.4. The van der Waals surface area contributed by atoms with Crippen LogP contribution in [0.2, 0.25) is 5.02 Å². The van der Waals surface area contributed by atoms with Gasteiger partial charge in [-0.25, -0.2) is 9.59 Å². The van der Waals surface area contributed by atoms with Crippen LogP contribution in [0.15, 0.2) is 57.7 Å². The number of aliphatic carboxylic acids is 1. The molecule has 1 heterocycles. The van der Waals surface area contributed by atoms with Gasteiger partial charge in [-0.3, -0.25) is 0 Å². The van der Waals surface area contributed by atoms with Crippen LogP contribution < -0.4 is 10.4 Å². The van der Waals surface area contributed by atoms with E-state index in [-0.39, 0.29) is 0 Å². The summed E-state index contributed by atoms with van der Waals surface area (Å²) in [6.07, 6.45) is -0.998. The molecule has 1 aromatic heterocycles. The summed E-state index contributed by atoms with van der Waals surface area (Å²) < 4.78 is 10.6. The monoisotopic (exact) mass is 344 g/mol. The Labute approximate surface area is 142 Å². The van der Waals surface area contributed by atoms with Gasteiger partial charge >= 0.3 is 11.6 Å². The first kappa shape index (κ1) is 16.1. The molecule has 1 N–H and O–H groups in total. The maximum atomic E-state index is 12.2. The van der Waals surface area contributed by atoms with E-state index in [2.05, 4.69) is 0 Å². The zero-order valence-corrected chi connectivity index (χ0v) is 13.4. The van der Waals surface area contributed by atoms with E-state index in [0.717, 1.165) is 0 Å². The predicted molar refractivity (Wildman–Crippen MR) is 90.7 cm³/mol. The highest BCUT2D eigenvalue weighted by Gasteiger charge is 2.14. The second kappa shape index (κ2) is 6.37. The molecule has 0 radical (unpaired) electrons. The summed E-state index contributed by atoms with van der Waals surface area (Å²) in [7, 11) is 0. The van der Waals surface area contributed by atoms with E-state index in [1.807, 2.05) is 0 Å². The molecule has 3 aromatic rings. The van der Waals surface area contributed by atoms with Crippen molar-refractivity contribution in [2.24, 2.45) is 0 Å². The Balaban J connectivity index is 2.02. The zero-order valence-electron chi connectivity index (χ0n) is 12.7. The Hall–Kier alpha value is -2.79. The third-order valence-corrected chi connectivity index (χ3v) is 3.78. The highest BCUT2D eigenvalue weighted by molar-refractivity contribution is 6.30. The molecule has 0 unspecified atom stereocenters. The van der Waals surface area contributed by atoms with Gasteiger partial charge in [0.1, 0.15) is 11.3 Å². The van der Waals surface area contributed by atoms with Gasteiger partial charge in [-0.05, 0) is 42.8 Å². The van der Waals surface area contributed by atoms with Crippen molar-refractivity contribution in [3.05, 3.63) is 64.0 Å². The molecule has 122 valence electrons. The molecule has 0 aliphatic carbocycles. The molecular formula is C18H13ClO5. The van der Waals surface area contributed by atoms with Gasteiger partial charge in [0, 0.05) is 16.5 Å². The summed E-state index contributed by atoms with van der Waals surface area (Å²) >= 11 is 5.86. The average molecular weight is 345 g/mol. The summed E-state index contributed by atoms with van der Waals surface area (Å²) in [5.41, 5.74) is 0.961. The number of carbonyl (C=O) groups is 1. The topological polar surface area (TPSA) is 76.7 Å². The maximum Gasteiger partial charge on any atom is 0.344 e. The van der Waals surface area contributed by atoms with E-state index in [1.54, 1.807) is 42.5 Å². The number of carboxylic acid groups (broad SMARTS) is 1. The summed E-state index contributed by atoms with van der Waals surface area (Å²) in [5, 5.41) is 10.2. The number of ether oxygens (including phenoxy) is 1. The Morgan fingerprint density at radius 3 is 2.54 bits per heavy atom. The first-order valence-electron chi connectivity index (χ1n) is 7.17. The summed E-state index contributed by atoms with van der Waals surface area (Å²) in [6.45, 7) is 1.42. The van der Waals surface area contributed by atoms with E-state index in [1.165, 1.54) is 13.0 Å². The number of carboxylic acids is 1. The standard InChI is InChI=1S/C18H13ClO5/c1-10(17(20)21)23-14-7-4-12-8-15(18(22)24-16(12)9-14)11-2-5-13(19)6-3-11/h2-10H,1H3,(H,20,21)/t10-/m1/s1. The van der Waals surface area contributed by atoms with Crippen LogP contribution in [-0.2, 0) is 4.79 Å². The molecule has 0 fully saturated rings. The lowest BCUT2D eigenvalue weighted by Crippen LogP contribution is -2.22. The predicted octanol–water partition coefficient (Wildman–Crippen LogP) is 3.97.